The largest absolute Gasteiger partial charge is 0.353 e. The number of sulfonamides is 1. The molecule has 0 bridgehead atoms. The number of halogens is 2. The van der Waals surface area contributed by atoms with Crippen molar-refractivity contribution in [2.24, 2.45) is 0 Å². The average Bonchev–Trinajstić information content (AvgIpc) is 2.52. The zero-order chi connectivity index (χ0) is 13.1. The zero-order valence-electron chi connectivity index (χ0n) is 9.29. The van der Waals surface area contributed by atoms with Crippen molar-refractivity contribution in [3.8, 4) is 0 Å². The molecule has 1 fully saturated rings. The fraction of sp³-hybridized carbons (Fsp3) is 0.875. The Bertz CT molecular complexity index is 385. The quantitative estimate of drug-likeness (QED) is 0.540. The smallest absolute Gasteiger partial charge is 0.262 e. The summed E-state index contributed by atoms with van der Waals surface area (Å²) in [6.45, 7) is -0.407. The Morgan fingerprint density at radius 3 is 2.59 bits per heavy atom. The Kier molecular flexibility index (Phi) is 4.39. The van der Waals surface area contributed by atoms with Gasteiger partial charge >= 0.3 is 0 Å². The van der Waals surface area contributed by atoms with Gasteiger partial charge in [0.15, 0.2) is 0 Å². The van der Waals surface area contributed by atoms with Gasteiger partial charge in [-0.25, -0.2) is 21.9 Å². The number of amides is 1. The van der Waals surface area contributed by atoms with E-state index in [0.717, 1.165) is 6.26 Å². The van der Waals surface area contributed by atoms with Crippen LogP contribution in [-0.2, 0) is 14.8 Å². The van der Waals surface area contributed by atoms with Crippen LogP contribution in [-0.4, -0.2) is 52.2 Å². The van der Waals surface area contributed by atoms with Gasteiger partial charge in [0, 0.05) is 19.5 Å². The molecule has 3 N–H and O–H groups in total. The Labute approximate surface area is 98.2 Å². The fourth-order valence-corrected chi connectivity index (χ4v) is 1.92. The summed E-state index contributed by atoms with van der Waals surface area (Å²) in [5.74, 6) is -3.40. The first-order valence-electron chi connectivity index (χ1n) is 5.03. The number of rotatable bonds is 5. The van der Waals surface area contributed by atoms with Crippen molar-refractivity contribution < 1.29 is 22.0 Å². The maximum atomic E-state index is 12.8. The van der Waals surface area contributed by atoms with E-state index < -0.39 is 40.9 Å². The third kappa shape index (κ3) is 5.37. The topological polar surface area (TPSA) is 87.3 Å². The zero-order valence-corrected chi connectivity index (χ0v) is 10.1. The molecule has 1 rings (SSSR count). The van der Waals surface area contributed by atoms with Crippen LogP contribution in [0.25, 0.3) is 0 Å². The Hall–Kier alpha value is -0.800. The van der Waals surface area contributed by atoms with Crippen LogP contribution in [0.15, 0.2) is 0 Å². The second-order valence-electron chi connectivity index (χ2n) is 3.95. The molecule has 1 atom stereocenters. The molecule has 1 heterocycles. The van der Waals surface area contributed by atoms with Crippen molar-refractivity contribution >= 4 is 15.9 Å². The van der Waals surface area contributed by atoms with Crippen molar-refractivity contribution in [3.63, 3.8) is 0 Å². The summed E-state index contributed by atoms with van der Waals surface area (Å²) in [7, 11) is -3.30. The second-order valence-corrected chi connectivity index (χ2v) is 5.78. The van der Waals surface area contributed by atoms with Gasteiger partial charge in [0.1, 0.15) is 0 Å². The van der Waals surface area contributed by atoms with Gasteiger partial charge in [0.25, 0.3) is 5.92 Å². The lowest BCUT2D eigenvalue weighted by Crippen LogP contribution is -2.43. The standard InChI is InChI=1S/C8H15F2N3O3S/c1-17(15,16)13-3-2-11-7(14)6-4-8(9,10)5-12-6/h6,12-13H,2-5H2,1H3,(H,11,14). The minimum absolute atomic E-state index is 0.0354. The summed E-state index contributed by atoms with van der Waals surface area (Å²) in [5.41, 5.74) is 0. The van der Waals surface area contributed by atoms with Gasteiger partial charge in [-0.3, -0.25) is 10.1 Å². The average molecular weight is 271 g/mol. The predicted molar refractivity (Wildman–Crippen MR) is 57.2 cm³/mol. The van der Waals surface area contributed by atoms with E-state index in [0.29, 0.717) is 0 Å². The van der Waals surface area contributed by atoms with Crippen molar-refractivity contribution in [2.75, 3.05) is 25.9 Å². The minimum atomic E-state index is -3.30. The minimum Gasteiger partial charge on any atom is -0.353 e. The molecule has 1 saturated heterocycles. The molecule has 1 unspecified atom stereocenters. The van der Waals surface area contributed by atoms with E-state index in [2.05, 4.69) is 15.4 Å². The number of alkyl halides is 2. The summed E-state index contributed by atoms with van der Waals surface area (Å²) in [6, 6.07) is -0.914. The lowest BCUT2D eigenvalue weighted by molar-refractivity contribution is -0.123. The molecule has 6 nitrogen and oxygen atoms in total. The highest BCUT2D eigenvalue weighted by atomic mass is 32.2. The molecule has 1 aliphatic rings. The van der Waals surface area contributed by atoms with E-state index in [9.17, 15) is 22.0 Å². The van der Waals surface area contributed by atoms with Crippen molar-refractivity contribution in [2.45, 2.75) is 18.4 Å². The summed E-state index contributed by atoms with van der Waals surface area (Å²) < 4.78 is 49.1. The third-order valence-electron chi connectivity index (χ3n) is 2.21. The SMILES string of the molecule is CS(=O)(=O)NCCNC(=O)C1CC(F)(F)CN1. The van der Waals surface area contributed by atoms with Crippen LogP contribution in [0.3, 0.4) is 0 Å². The third-order valence-corrected chi connectivity index (χ3v) is 2.94. The first kappa shape index (κ1) is 14.3. The Morgan fingerprint density at radius 1 is 1.47 bits per heavy atom. The van der Waals surface area contributed by atoms with Gasteiger partial charge in [-0.1, -0.05) is 0 Å². The maximum absolute atomic E-state index is 12.8. The molecule has 100 valence electrons. The Balaban J connectivity index is 2.23. The van der Waals surface area contributed by atoms with Crippen LogP contribution in [0, 0.1) is 0 Å². The van der Waals surface area contributed by atoms with Crippen LogP contribution in [0.5, 0.6) is 0 Å². The number of carbonyl (C=O) groups excluding carboxylic acids is 1. The van der Waals surface area contributed by atoms with Crippen LogP contribution >= 0.6 is 0 Å². The molecule has 0 aromatic heterocycles. The molecule has 0 aliphatic carbocycles. The number of hydrogen-bond acceptors (Lipinski definition) is 4. The summed E-state index contributed by atoms with van der Waals surface area (Å²) >= 11 is 0. The molecular weight excluding hydrogens is 256 g/mol. The lowest BCUT2D eigenvalue weighted by atomic mass is 10.2. The highest BCUT2D eigenvalue weighted by Crippen LogP contribution is 2.24. The molecule has 0 radical (unpaired) electrons. The highest BCUT2D eigenvalue weighted by molar-refractivity contribution is 7.88. The molecule has 0 aromatic carbocycles. The fourth-order valence-electron chi connectivity index (χ4n) is 1.45. The molecule has 9 heteroatoms. The van der Waals surface area contributed by atoms with E-state index >= 15 is 0 Å². The lowest BCUT2D eigenvalue weighted by Gasteiger charge is -2.11. The van der Waals surface area contributed by atoms with Crippen LogP contribution in [0.4, 0.5) is 8.78 Å². The molecule has 1 aliphatic heterocycles. The summed E-state index contributed by atoms with van der Waals surface area (Å²) in [4.78, 5) is 11.4. The first-order valence-corrected chi connectivity index (χ1v) is 6.92. The maximum Gasteiger partial charge on any atom is 0.262 e. The van der Waals surface area contributed by atoms with Crippen LogP contribution in [0.1, 0.15) is 6.42 Å². The van der Waals surface area contributed by atoms with Gasteiger partial charge in [-0.15, -0.1) is 0 Å². The van der Waals surface area contributed by atoms with Gasteiger partial charge in [0.2, 0.25) is 15.9 Å². The molecule has 1 amide bonds. The second kappa shape index (κ2) is 5.23. The van der Waals surface area contributed by atoms with E-state index in [1.54, 1.807) is 0 Å². The molecule has 17 heavy (non-hydrogen) atoms. The van der Waals surface area contributed by atoms with E-state index in [4.69, 9.17) is 0 Å². The molecule has 0 spiro atoms. The Morgan fingerprint density at radius 2 is 2.12 bits per heavy atom. The summed E-state index contributed by atoms with van der Waals surface area (Å²) in [6.07, 6.45) is 0.465. The number of carbonyl (C=O) groups is 1. The van der Waals surface area contributed by atoms with Gasteiger partial charge < -0.3 is 5.32 Å². The van der Waals surface area contributed by atoms with Gasteiger partial charge in [-0.2, -0.15) is 0 Å². The van der Waals surface area contributed by atoms with E-state index in [-0.39, 0.29) is 13.1 Å². The normalized spacial score (nSPS) is 23.6. The number of hydrogen-bond donors (Lipinski definition) is 3. The van der Waals surface area contributed by atoms with Crippen LogP contribution < -0.4 is 15.4 Å². The number of nitrogens with one attached hydrogen (secondary N) is 3. The van der Waals surface area contributed by atoms with Gasteiger partial charge in [-0.05, 0) is 0 Å². The van der Waals surface area contributed by atoms with Crippen molar-refractivity contribution in [1.29, 1.82) is 0 Å². The predicted octanol–water partition coefficient (Wildman–Crippen LogP) is -1.35. The van der Waals surface area contributed by atoms with Crippen LogP contribution in [0.2, 0.25) is 0 Å². The van der Waals surface area contributed by atoms with Crippen molar-refractivity contribution in [3.05, 3.63) is 0 Å². The van der Waals surface area contributed by atoms with Crippen molar-refractivity contribution in [1.82, 2.24) is 15.4 Å². The van der Waals surface area contributed by atoms with E-state index in [1.807, 2.05) is 0 Å². The molecule has 0 aromatic rings. The summed E-state index contributed by atoms with van der Waals surface area (Å²) in [5, 5.41) is 4.78. The first-order chi connectivity index (χ1) is 7.70. The molecule has 0 saturated carbocycles. The monoisotopic (exact) mass is 271 g/mol. The molecular formula is C8H15F2N3O3S. The van der Waals surface area contributed by atoms with E-state index in [1.165, 1.54) is 0 Å². The van der Waals surface area contributed by atoms with Gasteiger partial charge in [0.05, 0.1) is 18.8 Å². The highest BCUT2D eigenvalue weighted by Gasteiger charge is 2.42.